The van der Waals surface area contributed by atoms with Crippen LogP contribution in [0.3, 0.4) is 0 Å². The average molecular weight is 294 g/mol. The molecule has 0 aromatic rings. The van der Waals surface area contributed by atoms with Gasteiger partial charge in [-0.05, 0) is 19.3 Å². The highest BCUT2D eigenvalue weighted by Gasteiger charge is 2.60. The van der Waals surface area contributed by atoms with Crippen molar-refractivity contribution in [2.45, 2.75) is 64.1 Å². The Morgan fingerprint density at radius 3 is 2.52 bits per heavy atom. The topological polar surface area (TPSA) is 49.9 Å². The van der Waals surface area contributed by atoms with E-state index in [9.17, 15) is 9.59 Å². The predicted octanol–water partition coefficient (Wildman–Crippen LogP) is 1.41. The Balaban J connectivity index is 1.98. The molecule has 3 rings (SSSR count). The van der Waals surface area contributed by atoms with Crippen molar-refractivity contribution in [1.29, 1.82) is 0 Å². The average Bonchev–Trinajstić information content (AvgIpc) is 2.54. The zero-order chi connectivity index (χ0) is 15.2. The molecule has 0 unspecified atom stereocenters. The number of fused-ring (bicyclic) bond motifs is 1. The summed E-state index contributed by atoms with van der Waals surface area (Å²) in [6.45, 7) is 4.79. The Bertz CT molecular complexity index is 453. The standard InChI is InChI=1S/C16H26N2O3/c1-11(19)17-9-12-8-16(2)13(17)6-4-5-7-14(16)18(12)15(20)10-21-3/h12-14H,4-10H2,1-3H3/t12-,13+,14-,16+/m0/s1. The summed E-state index contributed by atoms with van der Waals surface area (Å²) in [6, 6.07) is 0.724. The lowest BCUT2D eigenvalue weighted by Gasteiger charge is -2.46. The number of methoxy groups -OCH3 is 1. The lowest BCUT2D eigenvalue weighted by Crippen LogP contribution is -2.55. The van der Waals surface area contributed by atoms with Gasteiger partial charge in [0, 0.05) is 38.1 Å². The van der Waals surface area contributed by atoms with Gasteiger partial charge in [0.05, 0.1) is 6.04 Å². The number of piperidine rings is 1. The molecule has 0 spiro atoms. The van der Waals surface area contributed by atoms with Crippen LogP contribution in [0.25, 0.3) is 0 Å². The molecular formula is C16H26N2O3. The molecule has 21 heavy (non-hydrogen) atoms. The van der Waals surface area contributed by atoms with Gasteiger partial charge < -0.3 is 14.5 Å². The summed E-state index contributed by atoms with van der Waals surface area (Å²) in [6.07, 6.45) is 5.46. The van der Waals surface area contributed by atoms with E-state index in [0.717, 1.165) is 32.1 Å². The lowest BCUT2D eigenvalue weighted by atomic mass is 9.71. The highest BCUT2D eigenvalue weighted by atomic mass is 16.5. The van der Waals surface area contributed by atoms with Gasteiger partial charge in [-0.2, -0.15) is 0 Å². The minimum atomic E-state index is 0.0501. The van der Waals surface area contributed by atoms with E-state index in [1.807, 2.05) is 4.90 Å². The second-order valence-corrected chi connectivity index (χ2v) is 7.09. The molecule has 5 nitrogen and oxygen atoms in total. The van der Waals surface area contributed by atoms with E-state index >= 15 is 0 Å². The summed E-state index contributed by atoms with van der Waals surface area (Å²) in [5, 5.41) is 0. The van der Waals surface area contributed by atoms with Crippen LogP contribution in [0.15, 0.2) is 0 Å². The van der Waals surface area contributed by atoms with E-state index in [1.54, 1.807) is 14.0 Å². The molecule has 0 N–H and O–H groups in total. The number of rotatable bonds is 2. The number of likely N-dealkylation sites (tertiary alicyclic amines) is 2. The maximum absolute atomic E-state index is 12.5. The Hall–Kier alpha value is -1.10. The summed E-state index contributed by atoms with van der Waals surface area (Å²) in [7, 11) is 1.57. The molecule has 2 saturated heterocycles. The quantitative estimate of drug-likeness (QED) is 0.774. The van der Waals surface area contributed by atoms with Crippen molar-refractivity contribution in [2.24, 2.45) is 5.41 Å². The lowest BCUT2D eigenvalue weighted by molar-refractivity contribution is -0.140. The Morgan fingerprint density at radius 1 is 1.24 bits per heavy atom. The smallest absolute Gasteiger partial charge is 0.249 e. The first-order chi connectivity index (χ1) is 9.99. The van der Waals surface area contributed by atoms with Crippen molar-refractivity contribution in [3.63, 3.8) is 0 Å². The fourth-order valence-corrected chi connectivity index (χ4v) is 5.09. The molecule has 0 aromatic heterocycles. The number of hydrogen-bond donors (Lipinski definition) is 0. The molecule has 118 valence electrons. The molecule has 1 saturated carbocycles. The second-order valence-electron chi connectivity index (χ2n) is 7.09. The molecule has 2 bridgehead atoms. The first-order valence-corrected chi connectivity index (χ1v) is 8.06. The Kier molecular flexibility index (Phi) is 3.72. The second kappa shape index (κ2) is 5.27. The third-order valence-corrected chi connectivity index (χ3v) is 5.88. The minimum absolute atomic E-state index is 0.0501. The van der Waals surface area contributed by atoms with Gasteiger partial charge in [0.25, 0.3) is 0 Å². The number of hydrogen-bond acceptors (Lipinski definition) is 3. The molecule has 3 fully saturated rings. The number of nitrogens with zero attached hydrogens (tertiary/aromatic N) is 2. The molecule has 5 heteroatoms. The SMILES string of the molecule is COCC(=O)N1[C@@H]2CN(C(C)=O)[C@@H]3CCCC[C@H]1[C@]3(C)C2. The molecule has 0 aromatic carbocycles. The maximum Gasteiger partial charge on any atom is 0.249 e. The van der Waals surface area contributed by atoms with Crippen molar-refractivity contribution < 1.29 is 14.3 Å². The third kappa shape index (κ3) is 2.17. The van der Waals surface area contributed by atoms with Crippen LogP contribution in [-0.2, 0) is 14.3 Å². The van der Waals surface area contributed by atoms with Crippen LogP contribution in [0.1, 0.15) is 46.0 Å². The summed E-state index contributed by atoms with van der Waals surface area (Å²) >= 11 is 0. The normalized spacial score (nSPS) is 38.3. The first-order valence-electron chi connectivity index (χ1n) is 8.06. The molecule has 1 aliphatic carbocycles. The Labute approximate surface area is 126 Å². The van der Waals surface area contributed by atoms with Crippen LogP contribution >= 0.6 is 0 Å². The van der Waals surface area contributed by atoms with Gasteiger partial charge in [-0.25, -0.2) is 0 Å². The number of ether oxygens (including phenoxy) is 1. The van der Waals surface area contributed by atoms with Crippen molar-refractivity contribution >= 4 is 11.8 Å². The van der Waals surface area contributed by atoms with Gasteiger partial charge >= 0.3 is 0 Å². The molecule has 0 radical (unpaired) electrons. The summed E-state index contributed by atoms with van der Waals surface area (Å²) < 4.78 is 5.07. The molecule has 4 atom stereocenters. The minimum Gasteiger partial charge on any atom is -0.375 e. The predicted molar refractivity (Wildman–Crippen MR) is 78.7 cm³/mol. The summed E-state index contributed by atoms with van der Waals surface area (Å²) in [5.41, 5.74) is 0.0501. The monoisotopic (exact) mass is 294 g/mol. The van der Waals surface area contributed by atoms with Crippen molar-refractivity contribution in [3.8, 4) is 0 Å². The van der Waals surface area contributed by atoms with E-state index in [2.05, 4.69) is 11.8 Å². The van der Waals surface area contributed by atoms with Gasteiger partial charge in [0.2, 0.25) is 11.8 Å². The summed E-state index contributed by atoms with van der Waals surface area (Å²) in [4.78, 5) is 28.7. The highest BCUT2D eigenvalue weighted by molar-refractivity contribution is 5.79. The van der Waals surface area contributed by atoms with E-state index in [0.29, 0.717) is 12.6 Å². The largest absolute Gasteiger partial charge is 0.375 e. The van der Waals surface area contributed by atoms with Crippen molar-refractivity contribution in [1.82, 2.24) is 9.80 Å². The number of amides is 2. The van der Waals surface area contributed by atoms with Crippen molar-refractivity contribution in [2.75, 3.05) is 20.3 Å². The summed E-state index contributed by atoms with van der Waals surface area (Å²) in [5.74, 6) is 0.236. The molecule has 2 heterocycles. The van der Waals surface area contributed by atoms with Gasteiger partial charge in [-0.15, -0.1) is 0 Å². The van der Waals surface area contributed by atoms with Gasteiger partial charge in [-0.1, -0.05) is 19.8 Å². The van der Waals surface area contributed by atoms with E-state index in [4.69, 9.17) is 4.74 Å². The van der Waals surface area contributed by atoms with E-state index in [-0.39, 0.29) is 35.9 Å². The van der Waals surface area contributed by atoms with Crippen LogP contribution in [0.2, 0.25) is 0 Å². The number of carbonyl (C=O) groups excluding carboxylic acids is 2. The van der Waals surface area contributed by atoms with Gasteiger partial charge in [0.1, 0.15) is 6.61 Å². The molecule has 2 aliphatic heterocycles. The van der Waals surface area contributed by atoms with Crippen LogP contribution in [0.4, 0.5) is 0 Å². The van der Waals surface area contributed by atoms with Crippen molar-refractivity contribution in [3.05, 3.63) is 0 Å². The fraction of sp³-hybridized carbons (Fsp3) is 0.875. The van der Waals surface area contributed by atoms with Crippen LogP contribution in [0.5, 0.6) is 0 Å². The van der Waals surface area contributed by atoms with Gasteiger partial charge in [-0.3, -0.25) is 9.59 Å². The van der Waals surface area contributed by atoms with E-state index in [1.165, 1.54) is 0 Å². The first kappa shape index (κ1) is 14.8. The molecular weight excluding hydrogens is 268 g/mol. The van der Waals surface area contributed by atoms with Gasteiger partial charge in [0.15, 0.2) is 0 Å². The highest BCUT2D eigenvalue weighted by Crippen LogP contribution is 2.53. The maximum atomic E-state index is 12.5. The molecule has 2 amide bonds. The van der Waals surface area contributed by atoms with E-state index < -0.39 is 0 Å². The number of carbonyl (C=O) groups is 2. The zero-order valence-corrected chi connectivity index (χ0v) is 13.3. The fourth-order valence-electron chi connectivity index (χ4n) is 5.09. The van der Waals surface area contributed by atoms with Crippen LogP contribution in [0, 0.1) is 5.41 Å². The zero-order valence-electron chi connectivity index (χ0n) is 13.3. The van der Waals surface area contributed by atoms with Crippen LogP contribution in [-0.4, -0.2) is 60.0 Å². The van der Waals surface area contributed by atoms with Crippen LogP contribution < -0.4 is 0 Å². The molecule has 3 aliphatic rings. The Morgan fingerprint density at radius 2 is 1.90 bits per heavy atom. The third-order valence-electron chi connectivity index (χ3n) is 5.88.